The first-order valence-electron chi connectivity index (χ1n) is 9.58. The maximum Gasteiger partial charge on any atom is 0.261 e. The van der Waals surface area contributed by atoms with Crippen molar-refractivity contribution in [2.75, 3.05) is 24.8 Å². The Morgan fingerprint density at radius 3 is 2.90 bits per heavy atom. The fourth-order valence-electron chi connectivity index (χ4n) is 3.36. The van der Waals surface area contributed by atoms with Crippen molar-refractivity contribution in [1.82, 2.24) is 19.4 Å². The molecule has 0 spiro atoms. The van der Waals surface area contributed by atoms with Gasteiger partial charge in [-0.25, -0.2) is 4.52 Å². The second-order valence-electron chi connectivity index (χ2n) is 6.82. The lowest BCUT2D eigenvalue weighted by Crippen LogP contribution is -2.13. The van der Waals surface area contributed by atoms with Gasteiger partial charge in [0.15, 0.2) is 5.82 Å². The van der Waals surface area contributed by atoms with Gasteiger partial charge in [0.2, 0.25) is 0 Å². The van der Waals surface area contributed by atoms with Gasteiger partial charge in [-0.3, -0.25) is 9.48 Å². The number of ether oxygens (including phenoxy) is 1. The highest BCUT2D eigenvalue weighted by Gasteiger charge is 2.22. The van der Waals surface area contributed by atoms with E-state index in [-0.39, 0.29) is 18.0 Å². The van der Waals surface area contributed by atoms with Crippen molar-refractivity contribution in [3.05, 3.63) is 59.4 Å². The lowest BCUT2D eigenvalue weighted by atomic mass is 10.1. The molecule has 0 saturated carbocycles. The number of carbonyl (C=O) groups is 1. The molecule has 0 aliphatic carbocycles. The van der Waals surface area contributed by atoms with E-state index in [0.717, 1.165) is 0 Å². The molecule has 9 nitrogen and oxygen atoms in total. The minimum absolute atomic E-state index is 0.0241. The molecular weight excluding hydrogens is 420 g/mol. The van der Waals surface area contributed by atoms with E-state index in [4.69, 9.17) is 27.2 Å². The summed E-state index contributed by atoms with van der Waals surface area (Å²) in [6.45, 7) is 0.497. The van der Waals surface area contributed by atoms with Gasteiger partial charge in [-0.2, -0.15) is 5.10 Å². The number of hydrogen-bond donors (Lipinski definition) is 3. The normalized spacial score (nSPS) is 11.1. The number of nitrogens with one attached hydrogen (secondary N) is 1. The highest BCUT2D eigenvalue weighted by molar-refractivity contribution is 6.31. The number of rotatable bonds is 7. The first-order valence-corrected chi connectivity index (χ1v) is 9.96. The number of aromatic nitrogens is 4. The number of anilines is 2. The zero-order chi connectivity index (χ0) is 22.0. The first kappa shape index (κ1) is 20.7. The number of methoxy groups -OCH3 is 1. The number of aryl methyl sites for hydroxylation is 1. The lowest BCUT2D eigenvalue weighted by molar-refractivity contribution is 0.102. The molecule has 0 bridgehead atoms. The molecule has 0 unspecified atom stereocenters. The number of amides is 1. The molecule has 4 rings (SSSR count). The van der Waals surface area contributed by atoms with E-state index in [1.807, 2.05) is 6.07 Å². The number of nitrogens with two attached hydrogens (primary N) is 1. The van der Waals surface area contributed by atoms with Gasteiger partial charge in [0.05, 0.1) is 18.3 Å². The molecule has 31 heavy (non-hydrogen) atoms. The number of nitrogen functional groups attached to an aromatic ring is 1. The van der Waals surface area contributed by atoms with Crippen molar-refractivity contribution < 1.29 is 14.6 Å². The predicted octanol–water partition coefficient (Wildman–Crippen LogP) is 3.08. The Morgan fingerprint density at radius 1 is 1.29 bits per heavy atom. The molecular formula is C21H21ClN6O3. The zero-order valence-electron chi connectivity index (χ0n) is 16.7. The van der Waals surface area contributed by atoms with Crippen LogP contribution < -0.4 is 15.8 Å². The van der Waals surface area contributed by atoms with Crippen molar-refractivity contribution >= 4 is 34.5 Å². The first-order chi connectivity index (χ1) is 15.0. The molecule has 160 valence electrons. The minimum Gasteiger partial charge on any atom is -0.496 e. The molecule has 1 amide bonds. The van der Waals surface area contributed by atoms with Gasteiger partial charge in [-0.15, -0.1) is 5.10 Å². The Kier molecular flexibility index (Phi) is 5.79. The van der Waals surface area contributed by atoms with Crippen molar-refractivity contribution in [3.8, 4) is 17.0 Å². The Hall–Kier alpha value is -3.56. The third-order valence-electron chi connectivity index (χ3n) is 4.77. The van der Waals surface area contributed by atoms with Gasteiger partial charge in [-0.05, 0) is 36.8 Å². The summed E-state index contributed by atoms with van der Waals surface area (Å²) < 4.78 is 8.67. The summed E-state index contributed by atoms with van der Waals surface area (Å²) in [5.74, 6) is 0.267. The van der Waals surface area contributed by atoms with Crippen LogP contribution in [0.2, 0.25) is 5.02 Å². The fraction of sp³-hybridized carbons (Fsp3) is 0.190. The van der Waals surface area contributed by atoms with Crippen molar-refractivity contribution in [1.29, 1.82) is 0 Å². The van der Waals surface area contributed by atoms with Crippen molar-refractivity contribution in [2.24, 2.45) is 0 Å². The Bertz CT molecular complexity index is 1250. The van der Waals surface area contributed by atoms with Crippen molar-refractivity contribution in [2.45, 2.75) is 13.0 Å². The van der Waals surface area contributed by atoms with Crippen LogP contribution in [0.25, 0.3) is 16.8 Å². The molecule has 4 N–H and O–H groups in total. The van der Waals surface area contributed by atoms with E-state index >= 15 is 0 Å². The minimum atomic E-state index is -0.414. The number of halogens is 1. The molecule has 0 radical (unpaired) electrons. The summed E-state index contributed by atoms with van der Waals surface area (Å²) in [6, 6.07) is 10.5. The molecule has 3 heterocycles. The van der Waals surface area contributed by atoms with E-state index < -0.39 is 5.91 Å². The topological polar surface area (TPSA) is 120 Å². The summed E-state index contributed by atoms with van der Waals surface area (Å²) in [5, 5.41) is 21.3. The maximum atomic E-state index is 13.2. The summed E-state index contributed by atoms with van der Waals surface area (Å²) >= 11 is 6.20. The average molecular weight is 441 g/mol. The number of benzene rings is 1. The molecule has 0 aliphatic rings. The van der Waals surface area contributed by atoms with Gasteiger partial charge >= 0.3 is 0 Å². The van der Waals surface area contributed by atoms with Crippen LogP contribution in [0, 0.1) is 0 Å². The van der Waals surface area contributed by atoms with Crippen molar-refractivity contribution in [3.63, 3.8) is 0 Å². The van der Waals surface area contributed by atoms with Crippen LogP contribution in [0.5, 0.6) is 5.75 Å². The lowest BCUT2D eigenvalue weighted by Gasteiger charge is -2.09. The number of hydrogen-bond acceptors (Lipinski definition) is 6. The Balaban J connectivity index is 1.77. The average Bonchev–Trinajstić information content (AvgIpc) is 3.31. The van der Waals surface area contributed by atoms with E-state index in [1.54, 1.807) is 59.0 Å². The number of pyridine rings is 1. The van der Waals surface area contributed by atoms with Crippen LogP contribution in [0.15, 0.2) is 48.8 Å². The number of carbonyl (C=O) groups excluding carboxylic acids is 1. The molecule has 10 heteroatoms. The largest absolute Gasteiger partial charge is 0.496 e. The molecule has 0 fully saturated rings. The quantitative estimate of drug-likeness (QED) is 0.406. The van der Waals surface area contributed by atoms with Crippen LogP contribution >= 0.6 is 11.6 Å². The molecule has 0 aliphatic heterocycles. The maximum absolute atomic E-state index is 13.2. The molecule has 3 aromatic heterocycles. The van der Waals surface area contributed by atoms with Gasteiger partial charge < -0.3 is 20.9 Å². The summed E-state index contributed by atoms with van der Waals surface area (Å²) in [4.78, 5) is 13.2. The second-order valence-corrected chi connectivity index (χ2v) is 7.26. The standard InChI is InChI=1S/C21H21ClN6O3/c1-31-17-7-6-13(22)11-14(17)19-15(12-27(25-19)8-4-10-29)24-21(30)18-16-5-2-3-9-28(16)26-20(18)23/h2-3,5-7,9,11-12,29H,4,8,10H2,1H3,(H2,23,26)(H,24,30). The van der Waals surface area contributed by atoms with Crippen LogP contribution in [0.4, 0.5) is 11.5 Å². The van der Waals surface area contributed by atoms with Crippen LogP contribution in [0.3, 0.4) is 0 Å². The summed E-state index contributed by atoms with van der Waals surface area (Å²) in [6.07, 6.45) is 3.94. The third-order valence-corrected chi connectivity index (χ3v) is 5.00. The summed E-state index contributed by atoms with van der Waals surface area (Å²) in [5.41, 5.74) is 8.44. The van der Waals surface area contributed by atoms with Gasteiger partial charge in [0.1, 0.15) is 17.0 Å². The second kappa shape index (κ2) is 8.66. The molecule has 4 aromatic rings. The van der Waals surface area contributed by atoms with Crippen LogP contribution in [-0.2, 0) is 6.54 Å². The van der Waals surface area contributed by atoms with Crippen LogP contribution in [0.1, 0.15) is 16.8 Å². The monoisotopic (exact) mass is 440 g/mol. The molecule has 0 atom stereocenters. The van der Waals surface area contributed by atoms with E-state index in [2.05, 4.69) is 15.5 Å². The number of fused-ring (bicyclic) bond motifs is 1. The van der Waals surface area contributed by atoms with Gasteiger partial charge in [0.25, 0.3) is 5.91 Å². The predicted molar refractivity (Wildman–Crippen MR) is 118 cm³/mol. The Labute approximate surface area is 183 Å². The molecule has 0 saturated heterocycles. The highest BCUT2D eigenvalue weighted by Crippen LogP contribution is 2.36. The van der Waals surface area contributed by atoms with E-state index in [1.165, 1.54) is 0 Å². The highest BCUT2D eigenvalue weighted by atomic mass is 35.5. The SMILES string of the molecule is COc1ccc(Cl)cc1-c1nn(CCCO)cc1NC(=O)c1c(N)nn2ccccc12. The number of aliphatic hydroxyl groups is 1. The summed E-state index contributed by atoms with van der Waals surface area (Å²) in [7, 11) is 1.55. The fourth-order valence-corrected chi connectivity index (χ4v) is 3.53. The van der Waals surface area contributed by atoms with Gasteiger partial charge in [0, 0.05) is 36.1 Å². The molecule has 1 aromatic carbocycles. The number of aliphatic hydroxyl groups excluding tert-OH is 1. The van der Waals surface area contributed by atoms with Crippen LogP contribution in [-0.4, -0.2) is 44.1 Å². The Morgan fingerprint density at radius 2 is 2.13 bits per heavy atom. The number of nitrogens with zero attached hydrogens (tertiary/aromatic N) is 4. The van der Waals surface area contributed by atoms with Gasteiger partial charge in [-0.1, -0.05) is 17.7 Å². The third kappa shape index (κ3) is 4.05. The van der Waals surface area contributed by atoms with E-state index in [9.17, 15) is 4.79 Å². The van der Waals surface area contributed by atoms with E-state index in [0.29, 0.717) is 46.2 Å². The zero-order valence-corrected chi connectivity index (χ0v) is 17.5. The smallest absolute Gasteiger partial charge is 0.261 e.